The number of alkyl carbamates (subject to hydrolysis) is 1. The van der Waals surface area contributed by atoms with E-state index in [0.717, 1.165) is 19.3 Å². The summed E-state index contributed by atoms with van der Waals surface area (Å²) in [7, 11) is 0. The van der Waals surface area contributed by atoms with E-state index in [1.807, 2.05) is 20.8 Å². The van der Waals surface area contributed by atoms with Gasteiger partial charge in [-0.1, -0.05) is 84.0 Å². The third kappa shape index (κ3) is 29.7. The van der Waals surface area contributed by atoms with Gasteiger partial charge in [-0.25, -0.2) is 9.59 Å². The molecule has 0 aromatic rings. The Morgan fingerprint density at radius 1 is 0.620 bits per heavy atom. The second-order valence-electron chi connectivity index (χ2n) is 16.1. The van der Waals surface area contributed by atoms with Crippen LogP contribution in [-0.2, 0) is 33.3 Å². The fourth-order valence-corrected chi connectivity index (χ4v) is 5.67. The van der Waals surface area contributed by atoms with Crippen LogP contribution in [0.15, 0.2) is 0 Å². The average Bonchev–Trinajstić information content (AvgIpc) is 2.97. The van der Waals surface area contributed by atoms with Crippen LogP contribution >= 0.6 is 11.8 Å². The summed E-state index contributed by atoms with van der Waals surface area (Å²) < 4.78 is 21.9. The number of carbonyl (C=O) groups excluding carboxylic acids is 4. The monoisotopic (exact) mass is 732 g/mol. The number of unbranched alkanes of at least 4 members (excludes halogenated alkanes) is 12. The van der Waals surface area contributed by atoms with E-state index in [-0.39, 0.29) is 30.7 Å². The summed E-state index contributed by atoms with van der Waals surface area (Å²) in [5.41, 5.74) is -2.18. The smallest absolute Gasteiger partial charge is 0.408 e. The van der Waals surface area contributed by atoms with Gasteiger partial charge in [0.25, 0.3) is 0 Å². The Kier molecular flexibility index (Phi) is 24.8. The van der Waals surface area contributed by atoms with Gasteiger partial charge in [0, 0.05) is 17.9 Å². The maximum Gasteiger partial charge on any atom is 0.408 e. The number of aliphatic hydroxyl groups is 1. The first kappa shape index (κ1) is 48.0. The normalized spacial score (nSPS) is 14.0. The summed E-state index contributed by atoms with van der Waals surface area (Å²) in [6.07, 6.45) is 14.5. The van der Waals surface area contributed by atoms with Crippen molar-refractivity contribution in [1.29, 1.82) is 0 Å². The Morgan fingerprint density at radius 3 is 1.60 bits per heavy atom. The number of ether oxygens (including phenoxy) is 4. The molecule has 12 heteroatoms. The van der Waals surface area contributed by atoms with Crippen LogP contribution in [0.5, 0.6) is 0 Å². The first-order valence-electron chi connectivity index (χ1n) is 18.8. The molecule has 0 saturated carbocycles. The van der Waals surface area contributed by atoms with Crippen LogP contribution in [0, 0.1) is 0 Å². The SMILES string of the molecule is CCCCCCCCCCCCCCCC(=O)OC[C@@H](O)CSC[C@H](NC(=O)OC(C)(C)C)C(=O)N[C@@H](COC(C)(C)C)C(=O)OC(C)(C)C. The molecule has 0 aliphatic heterocycles. The van der Waals surface area contributed by atoms with Crippen molar-refractivity contribution < 1.29 is 43.2 Å². The molecule has 0 aromatic heterocycles. The number of amides is 2. The van der Waals surface area contributed by atoms with Gasteiger partial charge in [0.1, 0.15) is 23.9 Å². The fourth-order valence-electron chi connectivity index (χ4n) is 4.70. The van der Waals surface area contributed by atoms with E-state index in [2.05, 4.69) is 17.6 Å². The number of rotatable bonds is 26. The molecule has 0 aliphatic carbocycles. The van der Waals surface area contributed by atoms with Gasteiger partial charge in [-0.2, -0.15) is 11.8 Å². The topological polar surface area (TPSA) is 149 Å². The standard InChI is InChI=1S/C38H72N2O9S/c1-11-12-13-14-15-16-17-18-19-20-21-22-23-24-32(42)46-25-29(41)27-50-28-31(40-35(45)49-38(8,9)10)33(43)39-30(26-47-36(2,3)4)34(44)48-37(5,6)7/h29-31,41H,11-28H2,1-10H3,(H,39,43)(H,40,45)/t29-,30+,31+/m1/s1. The molecule has 294 valence electrons. The van der Waals surface area contributed by atoms with E-state index in [4.69, 9.17) is 18.9 Å². The minimum absolute atomic E-state index is 0.0518. The van der Waals surface area contributed by atoms with E-state index in [9.17, 15) is 24.3 Å². The van der Waals surface area contributed by atoms with Crippen LogP contribution in [-0.4, -0.2) is 88.8 Å². The molecule has 0 aromatic carbocycles. The molecule has 0 unspecified atom stereocenters. The summed E-state index contributed by atoms with van der Waals surface area (Å²) in [6, 6.07) is -2.24. The molecule has 3 atom stereocenters. The largest absolute Gasteiger partial charge is 0.463 e. The number of hydrogen-bond acceptors (Lipinski definition) is 10. The zero-order chi connectivity index (χ0) is 38.2. The summed E-state index contributed by atoms with van der Waals surface area (Å²) in [5.74, 6) is -1.46. The Balaban J connectivity index is 4.77. The van der Waals surface area contributed by atoms with E-state index in [1.165, 1.54) is 76.0 Å². The molecule has 50 heavy (non-hydrogen) atoms. The second kappa shape index (κ2) is 25.8. The highest BCUT2D eigenvalue weighted by Crippen LogP contribution is 2.15. The highest BCUT2D eigenvalue weighted by atomic mass is 32.2. The Morgan fingerprint density at radius 2 is 1.12 bits per heavy atom. The van der Waals surface area contributed by atoms with Gasteiger partial charge in [0.05, 0.1) is 18.3 Å². The third-order valence-electron chi connectivity index (χ3n) is 7.21. The summed E-state index contributed by atoms with van der Waals surface area (Å²) >= 11 is 1.19. The number of nitrogens with one attached hydrogen (secondary N) is 2. The highest BCUT2D eigenvalue weighted by Gasteiger charge is 2.32. The van der Waals surface area contributed by atoms with E-state index < -0.39 is 53.0 Å². The zero-order valence-corrected chi connectivity index (χ0v) is 33.9. The summed E-state index contributed by atoms with van der Waals surface area (Å²) in [5, 5.41) is 15.7. The van der Waals surface area contributed by atoms with Crippen molar-refractivity contribution in [2.75, 3.05) is 24.7 Å². The van der Waals surface area contributed by atoms with Gasteiger partial charge in [-0.3, -0.25) is 9.59 Å². The maximum absolute atomic E-state index is 13.4. The molecule has 3 N–H and O–H groups in total. The predicted molar refractivity (Wildman–Crippen MR) is 201 cm³/mol. The van der Waals surface area contributed by atoms with Crippen LogP contribution in [0.3, 0.4) is 0 Å². The predicted octanol–water partition coefficient (Wildman–Crippen LogP) is 7.64. The van der Waals surface area contributed by atoms with E-state index in [1.54, 1.807) is 41.5 Å². The lowest BCUT2D eigenvalue weighted by Gasteiger charge is -2.29. The number of hydrogen-bond donors (Lipinski definition) is 3. The number of thioether (sulfide) groups is 1. The Labute approximate surface area is 307 Å². The lowest BCUT2D eigenvalue weighted by atomic mass is 10.0. The van der Waals surface area contributed by atoms with Gasteiger partial charge >= 0.3 is 18.0 Å². The van der Waals surface area contributed by atoms with Crippen LogP contribution in [0.25, 0.3) is 0 Å². The van der Waals surface area contributed by atoms with Gasteiger partial charge in [0.2, 0.25) is 5.91 Å². The number of esters is 2. The maximum atomic E-state index is 13.4. The minimum atomic E-state index is -1.13. The average molecular weight is 733 g/mol. The third-order valence-corrected chi connectivity index (χ3v) is 8.40. The van der Waals surface area contributed by atoms with E-state index >= 15 is 0 Å². The quantitative estimate of drug-likeness (QED) is 0.0460. The van der Waals surface area contributed by atoms with Gasteiger partial charge < -0.3 is 34.7 Å². The molecule has 0 rings (SSSR count). The van der Waals surface area contributed by atoms with Crippen molar-refractivity contribution in [3.05, 3.63) is 0 Å². The molecule has 0 spiro atoms. The minimum Gasteiger partial charge on any atom is -0.463 e. The molecular formula is C38H72N2O9S. The number of carbonyl (C=O) groups is 4. The van der Waals surface area contributed by atoms with Crippen molar-refractivity contribution in [3.63, 3.8) is 0 Å². The van der Waals surface area contributed by atoms with E-state index in [0.29, 0.717) is 6.42 Å². The molecule has 0 fully saturated rings. The molecule has 0 heterocycles. The number of aliphatic hydroxyl groups excluding tert-OH is 1. The van der Waals surface area contributed by atoms with Crippen molar-refractivity contribution >= 4 is 35.7 Å². The Hall–Kier alpha value is -2.05. The first-order chi connectivity index (χ1) is 23.2. The molecule has 0 aliphatic rings. The van der Waals surface area contributed by atoms with Crippen molar-refractivity contribution in [3.8, 4) is 0 Å². The molecule has 0 saturated heterocycles. The first-order valence-corrected chi connectivity index (χ1v) is 20.0. The Bertz CT molecular complexity index is 957. The van der Waals surface area contributed by atoms with Crippen molar-refractivity contribution in [2.45, 2.75) is 194 Å². The lowest BCUT2D eigenvalue weighted by Crippen LogP contribution is -2.55. The van der Waals surface area contributed by atoms with Gasteiger partial charge in [-0.05, 0) is 68.7 Å². The molecule has 0 bridgehead atoms. The molecule has 2 amide bonds. The zero-order valence-electron chi connectivity index (χ0n) is 33.1. The molecular weight excluding hydrogens is 660 g/mol. The van der Waals surface area contributed by atoms with Gasteiger partial charge in [-0.15, -0.1) is 0 Å². The second-order valence-corrected chi connectivity index (χ2v) is 17.2. The summed E-state index contributed by atoms with van der Waals surface area (Å²) in [6.45, 7) is 17.7. The van der Waals surface area contributed by atoms with Crippen LogP contribution < -0.4 is 10.6 Å². The molecule has 11 nitrogen and oxygen atoms in total. The van der Waals surface area contributed by atoms with Crippen LogP contribution in [0.2, 0.25) is 0 Å². The van der Waals surface area contributed by atoms with Crippen LogP contribution in [0.1, 0.15) is 159 Å². The fraction of sp³-hybridized carbons (Fsp3) is 0.895. The van der Waals surface area contributed by atoms with Crippen molar-refractivity contribution in [1.82, 2.24) is 10.6 Å². The van der Waals surface area contributed by atoms with Crippen LogP contribution in [0.4, 0.5) is 4.79 Å². The molecule has 0 radical (unpaired) electrons. The van der Waals surface area contributed by atoms with Gasteiger partial charge in [0.15, 0.2) is 6.04 Å². The van der Waals surface area contributed by atoms with Crippen molar-refractivity contribution in [2.24, 2.45) is 0 Å². The lowest BCUT2D eigenvalue weighted by molar-refractivity contribution is -0.162. The summed E-state index contributed by atoms with van der Waals surface area (Å²) in [4.78, 5) is 51.2. The highest BCUT2D eigenvalue weighted by molar-refractivity contribution is 7.99.